The molecule has 1 aromatic rings. The lowest BCUT2D eigenvalue weighted by Crippen LogP contribution is -2.57. The summed E-state index contributed by atoms with van der Waals surface area (Å²) in [7, 11) is 0. The van der Waals surface area contributed by atoms with Crippen LogP contribution in [0.15, 0.2) is 18.2 Å². The first-order valence-electron chi connectivity index (χ1n) is 12.9. The standard InChI is InChI=1S/C27H43N3O2/c1-19(2)21-5-7-23(8-6-21)29-14-11-27(12-15-29)25-10-9-24(32-20(3)4)17-22(25)18-30(16-13-28)26(27)31/h9-10,17,19-21,23H,5-8,11-16,18,28H2,1-4H3/t21-,23+. The number of hydrogen-bond donors (Lipinski definition) is 1. The van der Waals surface area contributed by atoms with Crippen LogP contribution >= 0.6 is 0 Å². The van der Waals surface area contributed by atoms with Gasteiger partial charge in [-0.3, -0.25) is 4.79 Å². The molecule has 32 heavy (non-hydrogen) atoms. The average Bonchev–Trinajstić information content (AvgIpc) is 2.77. The molecule has 1 spiro atoms. The predicted molar refractivity (Wildman–Crippen MR) is 130 cm³/mol. The minimum Gasteiger partial charge on any atom is -0.491 e. The highest BCUT2D eigenvalue weighted by Gasteiger charge is 2.49. The van der Waals surface area contributed by atoms with Crippen molar-refractivity contribution < 1.29 is 9.53 Å². The second-order valence-electron chi connectivity index (χ2n) is 10.9. The molecule has 0 atom stereocenters. The Bertz CT molecular complexity index is 790. The number of nitrogens with two attached hydrogens (primary N) is 1. The number of rotatable bonds is 6. The minimum atomic E-state index is -0.398. The maximum Gasteiger partial charge on any atom is 0.233 e. The van der Waals surface area contributed by atoms with Crippen molar-refractivity contribution in [2.45, 2.75) is 90.3 Å². The number of piperidine rings is 1. The molecular formula is C27H43N3O2. The van der Waals surface area contributed by atoms with Crippen LogP contribution in [-0.2, 0) is 16.8 Å². The van der Waals surface area contributed by atoms with Gasteiger partial charge in [0.05, 0.1) is 11.5 Å². The van der Waals surface area contributed by atoms with Crippen molar-refractivity contribution in [1.29, 1.82) is 0 Å². The Hall–Kier alpha value is -1.59. The molecule has 2 fully saturated rings. The molecule has 5 heteroatoms. The van der Waals surface area contributed by atoms with Crippen molar-refractivity contribution in [2.75, 3.05) is 26.2 Å². The summed E-state index contributed by atoms with van der Waals surface area (Å²) < 4.78 is 5.96. The lowest BCUT2D eigenvalue weighted by molar-refractivity contribution is -0.142. The van der Waals surface area contributed by atoms with E-state index < -0.39 is 5.41 Å². The van der Waals surface area contributed by atoms with Gasteiger partial charge < -0.3 is 20.3 Å². The van der Waals surface area contributed by atoms with Crippen LogP contribution in [0.5, 0.6) is 5.75 Å². The zero-order chi connectivity index (χ0) is 22.9. The predicted octanol–water partition coefficient (Wildman–Crippen LogP) is 4.32. The van der Waals surface area contributed by atoms with Crippen molar-refractivity contribution in [2.24, 2.45) is 17.6 Å². The molecule has 1 aromatic carbocycles. The lowest BCUT2D eigenvalue weighted by Gasteiger charge is -2.49. The van der Waals surface area contributed by atoms with Gasteiger partial charge in [-0.1, -0.05) is 19.9 Å². The summed E-state index contributed by atoms with van der Waals surface area (Å²) in [6, 6.07) is 7.09. The van der Waals surface area contributed by atoms with Gasteiger partial charge in [0.25, 0.3) is 0 Å². The largest absolute Gasteiger partial charge is 0.491 e. The Morgan fingerprint density at radius 3 is 2.38 bits per heavy atom. The molecule has 2 heterocycles. The quantitative estimate of drug-likeness (QED) is 0.714. The second-order valence-corrected chi connectivity index (χ2v) is 10.9. The number of hydrogen-bond acceptors (Lipinski definition) is 4. The zero-order valence-electron chi connectivity index (χ0n) is 20.6. The van der Waals surface area contributed by atoms with E-state index in [1.165, 1.54) is 36.8 Å². The molecule has 2 N–H and O–H groups in total. The molecule has 0 aromatic heterocycles. The molecular weight excluding hydrogens is 398 g/mol. The number of nitrogens with zero attached hydrogens (tertiary/aromatic N) is 2. The first-order valence-corrected chi connectivity index (χ1v) is 12.9. The fraction of sp³-hybridized carbons (Fsp3) is 0.741. The first kappa shape index (κ1) is 23.6. The Labute approximate surface area is 194 Å². The Balaban J connectivity index is 1.53. The summed E-state index contributed by atoms with van der Waals surface area (Å²) >= 11 is 0. The van der Waals surface area contributed by atoms with Crippen LogP contribution in [0.3, 0.4) is 0 Å². The maximum atomic E-state index is 13.7. The minimum absolute atomic E-state index is 0.140. The first-order chi connectivity index (χ1) is 15.3. The number of fused-ring (bicyclic) bond motifs is 2. The smallest absolute Gasteiger partial charge is 0.233 e. The molecule has 0 unspecified atom stereocenters. The third kappa shape index (κ3) is 4.56. The van der Waals surface area contributed by atoms with Crippen LogP contribution in [0.1, 0.15) is 77.3 Å². The van der Waals surface area contributed by atoms with E-state index in [0.717, 1.165) is 43.5 Å². The SMILES string of the molecule is CC(C)Oc1ccc2c(c1)CN(CCN)C(=O)C21CCN([C@H]2CC[C@@H](C(C)C)CC2)CC1. The summed E-state index contributed by atoms with van der Waals surface area (Å²) in [5, 5.41) is 0. The Kier molecular flexibility index (Phi) is 7.16. The van der Waals surface area contributed by atoms with E-state index in [9.17, 15) is 4.79 Å². The van der Waals surface area contributed by atoms with Crippen LogP contribution in [0, 0.1) is 11.8 Å². The second kappa shape index (κ2) is 9.72. The molecule has 3 aliphatic rings. The van der Waals surface area contributed by atoms with Crippen molar-refractivity contribution in [3.05, 3.63) is 29.3 Å². The number of amides is 1. The topological polar surface area (TPSA) is 58.8 Å². The van der Waals surface area contributed by atoms with Crippen LogP contribution in [-0.4, -0.2) is 54.0 Å². The molecule has 1 saturated heterocycles. The number of ether oxygens (including phenoxy) is 1. The van der Waals surface area contributed by atoms with E-state index in [2.05, 4.69) is 50.8 Å². The number of likely N-dealkylation sites (tertiary alicyclic amines) is 1. The molecule has 0 radical (unpaired) electrons. The molecule has 1 aliphatic carbocycles. The van der Waals surface area contributed by atoms with Crippen LogP contribution in [0.2, 0.25) is 0 Å². The van der Waals surface area contributed by atoms with Crippen molar-refractivity contribution in [3.63, 3.8) is 0 Å². The lowest BCUT2D eigenvalue weighted by atomic mass is 9.67. The molecule has 0 bridgehead atoms. The highest BCUT2D eigenvalue weighted by molar-refractivity contribution is 5.90. The van der Waals surface area contributed by atoms with E-state index in [1.807, 2.05) is 4.90 Å². The van der Waals surface area contributed by atoms with Gasteiger partial charge in [-0.25, -0.2) is 0 Å². The zero-order valence-corrected chi connectivity index (χ0v) is 20.6. The van der Waals surface area contributed by atoms with Gasteiger partial charge in [0, 0.05) is 25.7 Å². The van der Waals surface area contributed by atoms with Gasteiger partial charge in [-0.2, -0.15) is 0 Å². The third-order valence-corrected chi connectivity index (χ3v) is 8.27. The summed E-state index contributed by atoms with van der Waals surface area (Å²) in [6.07, 6.45) is 7.30. The van der Waals surface area contributed by atoms with Gasteiger partial charge in [0.15, 0.2) is 0 Å². The van der Waals surface area contributed by atoms with E-state index in [-0.39, 0.29) is 12.0 Å². The molecule has 5 nitrogen and oxygen atoms in total. The van der Waals surface area contributed by atoms with Gasteiger partial charge in [0.1, 0.15) is 5.75 Å². The summed E-state index contributed by atoms with van der Waals surface area (Å²) in [5.74, 6) is 2.88. The highest BCUT2D eigenvalue weighted by atomic mass is 16.5. The Morgan fingerprint density at radius 1 is 1.09 bits per heavy atom. The van der Waals surface area contributed by atoms with Gasteiger partial charge in [-0.15, -0.1) is 0 Å². The maximum absolute atomic E-state index is 13.7. The van der Waals surface area contributed by atoms with Crippen molar-refractivity contribution in [3.8, 4) is 5.75 Å². The summed E-state index contributed by atoms with van der Waals surface area (Å²) in [4.78, 5) is 18.4. The van der Waals surface area contributed by atoms with Crippen LogP contribution < -0.4 is 10.5 Å². The monoisotopic (exact) mass is 441 g/mol. The highest BCUT2D eigenvalue weighted by Crippen LogP contribution is 2.45. The molecule has 1 saturated carbocycles. The molecule has 178 valence electrons. The normalized spacial score (nSPS) is 26.1. The van der Waals surface area contributed by atoms with Gasteiger partial charge in [-0.05, 0) is 101 Å². The van der Waals surface area contributed by atoms with Gasteiger partial charge in [0.2, 0.25) is 5.91 Å². The van der Waals surface area contributed by atoms with E-state index in [1.54, 1.807) is 0 Å². The third-order valence-electron chi connectivity index (χ3n) is 8.27. The van der Waals surface area contributed by atoms with Crippen LogP contribution in [0.25, 0.3) is 0 Å². The average molecular weight is 442 g/mol. The van der Waals surface area contributed by atoms with Crippen molar-refractivity contribution in [1.82, 2.24) is 9.80 Å². The number of benzene rings is 1. The van der Waals surface area contributed by atoms with Crippen molar-refractivity contribution >= 4 is 5.91 Å². The van der Waals surface area contributed by atoms with Crippen LogP contribution in [0.4, 0.5) is 0 Å². The fourth-order valence-electron chi connectivity index (χ4n) is 6.43. The van der Waals surface area contributed by atoms with E-state index >= 15 is 0 Å². The molecule has 4 rings (SSSR count). The van der Waals surface area contributed by atoms with E-state index in [0.29, 0.717) is 25.7 Å². The van der Waals surface area contributed by atoms with E-state index in [4.69, 9.17) is 10.5 Å². The number of carbonyl (C=O) groups excluding carboxylic acids is 1. The summed E-state index contributed by atoms with van der Waals surface area (Å²) in [6.45, 7) is 12.6. The Morgan fingerprint density at radius 2 is 1.78 bits per heavy atom. The molecule has 1 amide bonds. The fourth-order valence-corrected chi connectivity index (χ4v) is 6.43. The van der Waals surface area contributed by atoms with Gasteiger partial charge >= 0.3 is 0 Å². The summed E-state index contributed by atoms with van der Waals surface area (Å²) in [5.41, 5.74) is 7.95. The molecule has 2 aliphatic heterocycles. The number of carbonyl (C=O) groups is 1.